The third-order valence-corrected chi connectivity index (χ3v) is 4.84. The van der Waals surface area contributed by atoms with Crippen LogP contribution in [0.3, 0.4) is 0 Å². The Bertz CT molecular complexity index is 888. The number of nitrogens with two attached hydrogens (primary N) is 1. The summed E-state index contributed by atoms with van der Waals surface area (Å²) in [7, 11) is 0. The van der Waals surface area contributed by atoms with E-state index in [0.717, 1.165) is 5.56 Å². The number of rotatable bonds is 6. The second-order valence-electron chi connectivity index (χ2n) is 6.98. The van der Waals surface area contributed by atoms with Gasteiger partial charge >= 0.3 is 0 Å². The smallest absolute Gasteiger partial charge is 0.249 e. The van der Waals surface area contributed by atoms with E-state index in [2.05, 4.69) is 5.10 Å². The van der Waals surface area contributed by atoms with Crippen LogP contribution in [-0.2, 0) is 15.3 Å². The molecule has 1 aliphatic rings. The molecule has 28 heavy (non-hydrogen) atoms. The fraction of sp³-hybridized carbons (Fsp3) is 0.333. The van der Waals surface area contributed by atoms with Crippen molar-refractivity contribution in [3.8, 4) is 0 Å². The third-order valence-electron chi connectivity index (χ3n) is 4.60. The van der Waals surface area contributed by atoms with Crippen LogP contribution in [0.15, 0.2) is 53.6 Å². The number of hydrogen-bond acceptors (Lipinski definition) is 4. The molecule has 7 heteroatoms. The summed E-state index contributed by atoms with van der Waals surface area (Å²) in [6.07, 6.45) is 1.01. The Morgan fingerprint density at radius 3 is 2.64 bits per heavy atom. The molecule has 0 fully saturated rings. The molecule has 2 aromatic carbocycles. The lowest BCUT2D eigenvalue weighted by molar-refractivity contribution is -0.156. The molecule has 0 saturated heterocycles. The Morgan fingerprint density at radius 2 is 2.00 bits per heavy atom. The summed E-state index contributed by atoms with van der Waals surface area (Å²) in [6.45, 7) is 3.99. The molecule has 1 unspecified atom stereocenters. The molecule has 1 aliphatic heterocycles. The first-order valence-corrected chi connectivity index (χ1v) is 9.59. The maximum absolute atomic E-state index is 14.5. The molecule has 148 valence electrons. The maximum Gasteiger partial charge on any atom is 0.249 e. The minimum absolute atomic E-state index is 0.0230. The van der Waals surface area contributed by atoms with Gasteiger partial charge in [0.2, 0.25) is 17.5 Å². The molecule has 3 rings (SSSR count). The van der Waals surface area contributed by atoms with Crippen molar-refractivity contribution in [1.82, 2.24) is 5.01 Å². The molecule has 1 heterocycles. The molecular weight excluding hydrogens is 381 g/mol. The Hall–Kier alpha value is -2.44. The highest BCUT2D eigenvalue weighted by Gasteiger charge is 2.50. The first-order valence-electron chi connectivity index (χ1n) is 9.22. The summed E-state index contributed by atoms with van der Waals surface area (Å²) in [5, 5.41) is 6.09. The number of amides is 1. The molecule has 2 N–H and O–H groups in total. The summed E-state index contributed by atoms with van der Waals surface area (Å²) in [4.78, 5) is 13.0. The van der Waals surface area contributed by atoms with Crippen LogP contribution in [0.5, 0.6) is 0 Å². The zero-order valence-electron chi connectivity index (χ0n) is 15.9. The van der Waals surface area contributed by atoms with Crippen molar-refractivity contribution in [1.29, 1.82) is 0 Å². The second-order valence-corrected chi connectivity index (χ2v) is 7.42. The summed E-state index contributed by atoms with van der Waals surface area (Å²) in [5.41, 5.74) is 5.41. The normalized spacial score (nSPS) is 18.9. The average molecular weight is 404 g/mol. The van der Waals surface area contributed by atoms with Crippen molar-refractivity contribution < 1.29 is 13.9 Å². The van der Waals surface area contributed by atoms with E-state index in [-0.39, 0.29) is 23.3 Å². The van der Waals surface area contributed by atoms with Crippen LogP contribution in [-0.4, -0.2) is 23.4 Å². The van der Waals surface area contributed by atoms with Gasteiger partial charge in [-0.15, -0.1) is 5.10 Å². The monoisotopic (exact) mass is 403 g/mol. The van der Waals surface area contributed by atoms with Crippen molar-refractivity contribution in [2.24, 2.45) is 16.8 Å². The van der Waals surface area contributed by atoms with Crippen molar-refractivity contribution in [2.45, 2.75) is 32.4 Å². The predicted octanol–water partition coefficient (Wildman–Crippen LogP) is 4.25. The lowest BCUT2D eigenvalue weighted by Crippen LogP contribution is -2.46. The van der Waals surface area contributed by atoms with Gasteiger partial charge in [-0.05, 0) is 31.2 Å². The Labute approximate surface area is 168 Å². The van der Waals surface area contributed by atoms with Gasteiger partial charge in [-0.3, -0.25) is 4.79 Å². The van der Waals surface area contributed by atoms with Crippen molar-refractivity contribution in [3.63, 3.8) is 0 Å². The van der Waals surface area contributed by atoms with Gasteiger partial charge in [-0.2, -0.15) is 5.01 Å². The van der Waals surface area contributed by atoms with Crippen LogP contribution in [0.1, 0.15) is 37.8 Å². The van der Waals surface area contributed by atoms with Gasteiger partial charge in [-0.25, -0.2) is 4.39 Å². The molecule has 0 aliphatic carbocycles. The van der Waals surface area contributed by atoms with Crippen molar-refractivity contribution in [2.75, 3.05) is 6.54 Å². The zero-order chi connectivity index (χ0) is 20.3. The molecular formula is C21H23ClFN3O2. The predicted molar refractivity (Wildman–Crippen MR) is 107 cm³/mol. The number of carbonyl (C=O) groups excluding carboxylic acids is 1. The van der Waals surface area contributed by atoms with Gasteiger partial charge < -0.3 is 10.5 Å². The standard InChI is InChI=1S/C21H23ClFN3O2/c1-14(2)20(27)26-21(11-6-12-24,15-7-4-3-5-8-15)28-19(25-26)17-13-16(22)9-10-18(17)23/h3-5,7-10,13-14H,6,11-12,24H2,1-2H3. The largest absolute Gasteiger partial charge is 0.443 e. The second kappa shape index (κ2) is 8.29. The topological polar surface area (TPSA) is 67.9 Å². The number of hydrogen-bond donors (Lipinski definition) is 1. The van der Waals surface area contributed by atoms with E-state index in [1.807, 2.05) is 30.3 Å². The minimum Gasteiger partial charge on any atom is -0.443 e. The first kappa shape index (κ1) is 20.3. The molecule has 0 aromatic heterocycles. The van der Waals surface area contributed by atoms with E-state index in [1.165, 1.54) is 23.2 Å². The Kier molecular flexibility index (Phi) is 6.01. The molecule has 1 atom stereocenters. The van der Waals surface area contributed by atoms with Gasteiger partial charge in [0, 0.05) is 22.9 Å². The number of hydrazone groups is 1. The highest BCUT2D eigenvalue weighted by Crippen LogP contribution is 2.41. The maximum atomic E-state index is 14.5. The SMILES string of the molecule is CC(C)C(=O)N1N=C(c2cc(Cl)ccc2F)OC1(CCCN)c1ccccc1. The molecule has 0 saturated carbocycles. The number of halogens is 2. The van der Waals surface area contributed by atoms with E-state index < -0.39 is 11.5 Å². The third kappa shape index (κ3) is 3.75. The van der Waals surface area contributed by atoms with Crippen LogP contribution < -0.4 is 5.73 Å². The van der Waals surface area contributed by atoms with Crippen LogP contribution in [0.4, 0.5) is 4.39 Å². The summed E-state index contributed by atoms with van der Waals surface area (Å²) >= 11 is 6.04. The molecule has 0 bridgehead atoms. The highest BCUT2D eigenvalue weighted by atomic mass is 35.5. The lowest BCUT2D eigenvalue weighted by atomic mass is 9.95. The fourth-order valence-corrected chi connectivity index (χ4v) is 3.33. The van der Waals surface area contributed by atoms with E-state index in [9.17, 15) is 9.18 Å². The van der Waals surface area contributed by atoms with E-state index in [4.69, 9.17) is 22.1 Å². The molecule has 5 nitrogen and oxygen atoms in total. The molecule has 2 aromatic rings. The van der Waals surface area contributed by atoms with Crippen molar-refractivity contribution >= 4 is 23.4 Å². The number of nitrogens with zero attached hydrogens (tertiary/aromatic N) is 2. The average Bonchev–Trinajstić information content (AvgIpc) is 3.08. The molecule has 0 spiro atoms. The Balaban J connectivity index is 2.15. The first-order chi connectivity index (χ1) is 13.4. The molecule has 0 radical (unpaired) electrons. The van der Waals surface area contributed by atoms with E-state index >= 15 is 0 Å². The number of carbonyl (C=O) groups is 1. The molecule has 1 amide bonds. The van der Waals surface area contributed by atoms with E-state index in [0.29, 0.717) is 24.4 Å². The summed E-state index contributed by atoms with van der Waals surface area (Å²) < 4.78 is 20.7. The Morgan fingerprint density at radius 1 is 1.29 bits per heavy atom. The van der Waals surface area contributed by atoms with Crippen LogP contribution in [0.2, 0.25) is 5.02 Å². The highest BCUT2D eigenvalue weighted by molar-refractivity contribution is 6.31. The van der Waals surface area contributed by atoms with Gasteiger partial charge in [0.1, 0.15) is 5.82 Å². The van der Waals surface area contributed by atoms with Crippen LogP contribution >= 0.6 is 11.6 Å². The van der Waals surface area contributed by atoms with Crippen molar-refractivity contribution in [3.05, 3.63) is 70.5 Å². The fourth-order valence-electron chi connectivity index (χ4n) is 3.16. The van der Waals surface area contributed by atoms with Gasteiger partial charge in [0.15, 0.2) is 0 Å². The lowest BCUT2D eigenvalue weighted by Gasteiger charge is -2.36. The van der Waals surface area contributed by atoms with Gasteiger partial charge in [0.05, 0.1) is 5.56 Å². The van der Waals surface area contributed by atoms with Crippen LogP contribution in [0.25, 0.3) is 0 Å². The number of benzene rings is 2. The van der Waals surface area contributed by atoms with Gasteiger partial charge in [0.25, 0.3) is 0 Å². The quantitative estimate of drug-likeness (QED) is 0.784. The summed E-state index contributed by atoms with van der Waals surface area (Å²) in [5.74, 6) is -1.05. The van der Waals surface area contributed by atoms with Crippen LogP contribution in [0, 0.1) is 11.7 Å². The minimum atomic E-state index is -1.19. The van der Waals surface area contributed by atoms with Gasteiger partial charge in [-0.1, -0.05) is 55.8 Å². The zero-order valence-corrected chi connectivity index (χ0v) is 16.6. The number of ether oxygens (including phenoxy) is 1. The summed E-state index contributed by atoms with van der Waals surface area (Å²) in [6, 6.07) is 13.5. The van der Waals surface area contributed by atoms with E-state index in [1.54, 1.807) is 13.8 Å².